The van der Waals surface area contributed by atoms with Crippen LogP contribution in [0.2, 0.25) is 0 Å². The number of pyridine rings is 1. The summed E-state index contributed by atoms with van der Waals surface area (Å²) in [4.78, 5) is 16.4. The van der Waals surface area contributed by atoms with Crippen molar-refractivity contribution < 1.29 is 13.6 Å². The maximum Gasteiger partial charge on any atom is 0.271 e. The minimum absolute atomic E-state index is 0.211. The quantitative estimate of drug-likeness (QED) is 0.776. The van der Waals surface area contributed by atoms with Crippen LogP contribution in [0.3, 0.4) is 0 Å². The number of amides is 1. The normalized spacial score (nSPS) is 10.7. The predicted octanol–water partition coefficient (Wildman–Crippen LogP) is 2.73. The van der Waals surface area contributed by atoms with E-state index >= 15 is 0 Å². The van der Waals surface area contributed by atoms with Crippen LogP contribution in [0, 0.1) is 11.6 Å². The number of hydrogen-bond acceptors (Lipinski definition) is 3. The van der Waals surface area contributed by atoms with Gasteiger partial charge in [-0.05, 0) is 36.4 Å². The number of nitrogens with one attached hydrogen (secondary N) is 1. The Bertz CT molecular complexity index is 893. The van der Waals surface area contributed by atoms with Crippen molar-refractivity contribution in [3.8, 4) is 11.3 Å². The fourth-order valence-electron chi connectivity index (χ4n) is 2.44. The fraction of sp³-hybridized carbons (Fsp3) is 0.167. The summed E-state index contributed by atoms with van der Waals surface area (Å²) in [6, 6.07) is 10.7. The van der Waals surface area contributed by atoms with Gasteiger partial charge in [0.1, 0.15) is 0 Å². The van der Waals surface area contributed by atoms with E-state index in [0.717, 1.165) is 17.8 Å². The molecule has 0 saturated carbocycles. The standard InChI is InChI=1S/C18H16F2N4O/c1-24-17(12-5-6-14(19)15(20)10-12)11-16(23-24)18(25)22-9-7-13-4-2-3-8-21-13/h2-6,8,10-11H,7,9H2,1H3,(H,22,25). The van der Waals surface area contributed by atoms with Crippen molar-refractivity contribution in [2.75, 3.05) is 6.54 Å². The van der Waals surface area contributed by atoms with Gasteiger partial charge in [-0.2, -0.15) is 5.10 Å². The van der Waals surface area contributed by atoms with E-state index in [-0.39, 0.29) is 11.6 Å². The van der Waals surface area contributed by atoms with Crippen LogP contribution in [0.5, 0.6) is 0 Å². The van der Waals surface area contributed by atoms with Crippen molar-refractivity contribution in [2.24, 2.45) is 7.05 Å². The van der Waals surface area contributed by atoms with Crippen LogP contribution in [0.15, 0.2) is 48.7 Å². The second kappa shape index (κ2) is 7.21. The van der Waals surface area contributed by atoms with E-state index in [1.54, 1.807) is 19.3 Å². The van der Waals surface area contributed by atoms with Gasteiger partial charge in [-0.1, -0.05) is 6.07 Å². The van der Waals surface area contributed by atoms with Crippen molar-refractivity contribution in [3.05, 3.63) is 71.7 Å². The molecule has 0 aliphatic heterocycles. The zero-order chi connectivity index (χ0) is 17.8. The zero-order valence-electron chi connectivity index (χ0n) is 13.5. The SMILES string of the molecule is Cn1nc(C(=O)NCCc2ccccn2)cc1-c1ccc(F)c(F)c1. The molecule has 5 nitrogen and oxygen atoms in total. The Morgan fingerprint density at radius 3 is 2.72 bits per heavy atom. The molecule has 1 N–H and O–H groups in total. The number of carbonyl (C=O) groups excluding carboxylic acids is 1. The summed E-state index contributed by atoms with van der Waals surface area (Å²) in [5.41, 5.74) is 2.06. The molecule has 0 aliphatic carbocycles. The van der Waals surface area contributed by atoms with Gasteiger partial charge in [0.05, 0.1) is 5.69 Å². The average molecular weight is 342 g/mol. The van der Waals surface area contributed by atoms with Crippen molar-refractivity contribution in [2.45, 2.75) is 6.42 Å². The second-order valence-electron chi connectivity index (χ2n) is 5.49. The van der Waals surface area contributed by atoms with Crippen LogP contribution in [0.4, 0.5) is 8.78 Å². The molecule has 0 saturated heterocycles. The molecule has 2 heterocycles. The number of rotatable bonds is 5. The Hall–Kier alpha value is -3.09. The number of aryl methyl sites for hydroxylation is 1. The van der Waals surface area contributed by atoms with E-state index in [2.05, 4.69) is 15.4 Å². The van der Waals surface area contributed by atoms with Crippen LogP contribution >= 0.6 is 0 Å². The summed E-state index contributed by atoms with van der Waals surface area (Å²) in [7, 11) is 1.64. The van der Waals surface area contributed by atoms with Crippen LogP contribution < -0.4 is 5.32 Å². The number of carbonyl (C=O) groups is 1. The second-order valence-corrected chi connectivity index (χ2v) is 5.49. The molecule has 2 aromatic heterocycles. The van der Waals surface area contributed by atoms with E-state index < -0.39 is 11.6 Å². The third kappa shape index (κ3) is 3.88. The number of benzene rings is 1. The lowest BCUT2D eigenvalue weighted by Gasteiger charge is -2.02. The maximum atomic E-state index is 13.4. The summed E-state index contributed by atoms with van der Waals surface area (Å²) in [6.45, 7) is 0.424. The maximum absolute atomic E-state index is 13.4. The topological polar surface area (TPSA) is 59.8 Å². The minimum Gasteiger partial charge on any atom is -0.350 e. The molecule has 7 heteroatoms. The highest BCUT2D eigenvalue weighted by atomic mass is 19.2. The number of halogens is 2. The van der Waals surface area contributed by atoms with Crippen LogP contribution in [-0.2, 0) is 13.5 Å². The average Bonchev–Trinajstić information content (AvgIpc) is 3.00. The van der Waals surface area contributed by atoms with Crippen molar-refractivity contribution in [1.82, 2.24) is 20.1 Å². The number of hydrogen-bond donors (Lipinski definition) is 1. The first-order valence-corrected chi connectivity index (χ1v) is 7.72. The van der Waals surface area contributed by atoms with Crippen LogP contribution in [-0.4, -0.2) is 27.2 Å². The molecule has 128 valence electrons. The van der Waals surface area contributed by atoms with Crippen molar-refractivity contribution >= 4 is 5.91 Å². The number of aromatic nitrogens is 3. The first-order chi connectivity index (χ1) is 12.0. The largest absolute Gasteiger partial charge is 0.350 e. The Kier molecular flexibility index (Phi) is 4.83. The summed E-state index contributed by atoms with van der Waals surface area (Å²) < 4.78 is 27.9. The number of nitrogens with zero attached hydrogens (tertiary/aromatic N) is 3. The van der Waals surface area contributed by atoms with Crippen LogP contribution in [0.1, 0.15) is 16.2 Å². The first-order valence-electron chi connectivity index (χ1n) is 7.72. The molecule has 3 aromatic rings. The summed E-state index contributed by atoms with van der Waals surface area (Å²) in [5.74, 6) is -2.20. The summed E-state index contributed by atoms with van der Waals surface area (Å²) in [5, 5.41) is 6.91. The van der Waals surface area contributed by atoms with E-state index in [1.807, 2.05) is 18.2 Å². The lowest BCUT2D eigenvalue weighted by atomic mass is 10.1. The molecular weight excluding hydrogens is 326 g/mol. The van der Waals surface area contributed by atoms with Gasteiger partial charge < -0.3 is 5.32 Å². The monoisotopic (exact) mass is 342 g/mol. The summed E-state index contributed by atoms with van der Waals surface area (Å²) >= 11 is 0. The minimum atomic E-state index is -0.944. The molecule has 25 heavy (non-hydrogen) atoms. The lowest BCUT2D eigenvalue weighted by molar-refractivity contribution is 0.0948. The smallest absolute Gasteiger partial charge is 0.271 e. The fourth-order valence-corrected chi connectivity index (χ4v) is 2.44. The lowest BCUT2D eigenvalue weighted by Crippen LogP contribution is -2.26. The summed E-state index contributed by atoms with van der Waals surface area (Å²) in [6.07, 6.45) is 2.31. The molecule has 3 rings (SSSR count). The first kappa shape index (κ1) is 16.8. The Morgan fingerprint density at radius 2 is 2.00 bits per heavy atom. The molecule has 0 unspecified atom stereocenters. The van der Waals surface area contributed by atoms with Gasteiger partial charge >= 0.3 is 0 Å². The Morgan fingerprint density at radius 1 is 1.16 bits per heavy atom. The van der Waals surface area contributed by atoms with Gasteiger partial charge in [0.25, 0.3) is 5.91 Å². The van der Waals surface area contributed by atoms with Crippen molar-refractivity contribution in [1.29, 1.82) is 0 Å². The van der Waals surface area contributed by atoms with E-state index in [1.165, 1.54) is 10.7 Å². The highest BCUT2D eigenvalue weighted by molar-refractivity contribution is 5.93. The van der Waals surface area contributed by atoms with Gasteiger partial charge in [-0.25, -0.2) is 8.78 Å². The molecular formula is C18H16F2N4O. The van der Waals surface area contributed by atoms with Crippen LogP contribution in [0.25, 0.3) is 11.3 Å². The van der Waals surface area contributed by atoms with Gasteiger partial charge in [-0.3, -0.25) is 14.5 Å². The van der Waals surface area contributed by atoms with Gasteiger partial charge in [0, 0.05) is 37.5 Å². The zero-order valence-corrected chi connectivity index (χ0v) is 13.5. The van der Waals surface area contributed by atoms with E-state index in [4.69, 9.17) is 0 Å². The van der Waals surface area contributed by atoms with Gasteiger partial charge in [0.2, 0.25) is 0 Å². The Balaban J connectivity index is 1.68. The molecule has 1 aromatic carbocycles. The molecule has 0 bridgehead atoms. The molecule has 0 spiro atoms. The molecule has 1 amide bonds. The third-order valence-electron chi connectivity index (χ3n) is 3.72. The molecule has 0 radical (unpaired) electrons. The van der Waals surface area contributed by atoms with Crippen molar-refractivity contribution in [3.63, 3.8) is 0 Å². The molecule has 0 aliphatic rings. The predicted molar refractivity (Wildman–Crippen MR) is 88.8 cm³/mol. The highest BCUT2D eigenvalue weighted by Gasteiger charge is 2.15. The van der Waals surface area contributed by atoms with E-state index in [0.29, 0.717) is 24.2 Å². The Labute approximate surface area is 143 Å². The molecule has 0 fully saturated rings. The third-order valence-corrected chi connectivity index (χ3v) is 3.72. The molecule has 0 atom stereocenters. The van der Waals surface area contributed by atoms with Gasteiger partial charge in [-0.15, -0.1) is 0 Å². The van der Waals surface area contributed by atoms with E-state index in [9.17, 15) is 13.6 Å². The highest BCUT2D eigenvalue weighted by Crippen LogP contribution is 2.22. The van der Waals surface area contributed by atoms with Gasteiger partial charge in [0.15, 0.2) is 17.3 Å².